The van der Waals surface area contributed by atoms with Gasteiger partial charge in [0.15, 0.2) is 0 Å². The molecular formula is C12H21NO4. The van der Waals surface area contributed by atoms with Crippen LogP contribution < -0.4 is 5.32 Å². The average Bonchev–Trinajstić information content (AvgIpc) is 2.66. The number of nitrogens with one attached hydrogen (secondary N) is 1. The summed E-state index contributed by atoms with van der Waals surface area (Å²) in [5.74, 6) is -2.20. The summed E-state index contributed by atoms with van der Waals surface area (Å²) in [6.07, 6.45) is -0.0100. The molecule has 0 aromatic heterocycles. The van der Waals surface area contributed by atoms with Crippen LogP contribution in [0.15, 0.2) is 0 Å². The molecule has 0 heterocycles. The lowest BCUT2D eigenvalue weighted by molar-refractivity contribution is -0.140. The number of carbonyl (C=O) groups is 2. The second-order valence-corrected chi connectivity index (χ2v) is 5.61. The van der Waals surface area contributed by atoms with E-state index in [9.17, 15) is 14.7 Å². The van der Waals surface area contributed by atoms with Crippen LogP contribution in [-0.2, 0) is 9.59 Å². The van der Waals surface area contributed by atoms with Crippen molar-refractivity contribution in [3.8, 4) is 0 Å². The van der Waals surface area contributed by atoms with Crippen LogP contribution in [0.3, 0.4) is 0 Å². The Bertz CT molecular complexity index is 324. The fourth-order valence-electron chi connectivity index (χ4n) is 2.49. The van der Waals surface area contributed by atoms with Crippen LogP contribution >= 0.6 is 0 Å². The number of rotatable bonds is 5. The number of aliphatic hydroxyl groups is 1. The highest BCUT2D eigenvalue weighted by Crippen LogP contribution is 2.58. The van der Waals surface area contributed by atoms with Gasteiger partial charge in [0.05, 0.1) is 17.9 Å². The Morgan fingerprint density at radius 1 is 1.29 bits per heavy atom. The fraction of sp³-hybridized carbons (Fsp3) is 0.833. The van der Waals surface area contributed by atoms with Crippen LogP contribution in [0.25, 0.3) is 0 Å². The van der Waals surface area contributed by atoms with Crippen LogP contribution in [-0.4, -0.2) is 34.2 Å². The fourth-order valence-corrected chi connectivity index (χ4v) is 2.49. The third-order valence-corrected chi connectivity index (χ3v) is 3.46. The van der Waals surface area contributed by atoms with Crippen LogP contribution in [0.5, 0.6) is 0 Å². The molecule has 1 aliphatic rings. The maximum Gasteiger partial charge on any atom is 0.307 e. The van der Waals surface area contributed by atoms with E-state index in [1.54, 1.807) is 27.7 Å². The molecule has 1 fully saturated rings. The number of aliphatic hydroxyl groups excluding tert-OH is 1. The zero-order chi connectivity index (χ0) is 13.4. The van der Waals surface area contributed by atoms with Crippen molar-refractivity contribution in [2.24, 2.45) is 17.3 Å². The molecule has 5 heteroatoms. The van der Waals surface area contributed by atoms with Gasteiger partial charge >= 0.3 is 5.97 Å². The summed E-state index contributed by atoms with van der Waals surface area (Å²) in [4.78, 5) is 22.8. The van der Waals surface area contributed by atoms with Crippen LogP contribution in [0.4, 0.5) is 0 Å². The van der Waals surface area contributed by atoms with Gasteiger partial charge in [0, 0.05) is 6.04 Å². The predicted octanol–water partition coefficient (Wildman–Crippen LogP) is 0.619. The van der Waals surface area contributed by atoms with Gasteiger partial charge < -0.3 is 15.5 Å². The lowest BCUT2D eigenvalue weighted by Crippen LogP contribution is -2.36. The van der Waals surface area contributed by atoms with E-state index in [2.05, 4.69) is 5.32 Å². The number of amides is 1. The van der Waals surface area contributed by atoms with Crippen molar-refractivity contribution in [3.63, 3.8) is 0 Å². The zero-order valence-corrected chi connectivity index (χ0v) is 10.7. The van der Waals surface area contributed by atoms with Gasteiger partial charge in [-0.05, 0) is 25.7 Å². The van der Waals surface area contributed by atoms with Crippen LogP contribution in [0.2, 0.25) is 0 Å². The standard InChI is InChI=1S/C12H21NO4/c1-6(5-7(2)14)13-10(15)8-9(11(16)17)12(8,3)4/h6-9,14H,5H2,1-4H3,(H,13,15)(H,16,17)/t6?,7?,8-,9+/m1/s1. The Morgan fingerprint density at radius 3 is 2.18 bits per heavy atom. The second-order valence-electron chi connectivity index (χ2n) is 5.61. The molecule has 1 amide bonds. The minimum absolute atomic E-state index is 0.145. The van der Waals surface area contributed by atoms with E-state index in [4.69, 9.17) is 5.11 Å². The van der Waals surface area contributed by atoms with E-state index >= 15 is 0 Å². The molecule has 1 saturated carbocycles. The molecule has 3 N–H and O–H groups in total. The molecule has 0 aromatic rings. The third-order valence-electron chi connectivity index (χ3n) is 3.46. The zero-order valence-electron chi connectivity index (χ0n) is 10.7. The molecule has 98 valence electrons. The van der Waals surface area contributed by atoms with E-state index < -0.39 is 29.3 Å². The van der Waals surface area contributed by atoms with Crippen molar-refractivity contribution < 1.29 is 19.8 Å². The molecule has 1 aliphatic carbocycles. The first-order valence-electron chi connectivity index (χ1n) is 5.89. The number of hydrogen-bond donors (Lipinski definition) is 3. The van der Waals surface area contributed by atoms with Crippen molar-refractivity contribution in [2.75, 3.05) is 0 Å². The Balaban J connectivity index is 2.53. The summed E-state index contributed by atoms with van der Waals surface area (Å²) in [7, 11) is 0. The summed E-state index contributed by atoms with van der Waals surface area (Å²) >= 11 is 0. The molecule has 0 bridgehead atoms. The number of carboxylic acids is 1. The minimum atomic E-state index is -0.918. The normalized spacial score (nSPS) is 29.2. The molecule has 0 aliphatic heterocycles. The van der Waals surface area contributed by atoms with Crippen LogP contribution in [0, 0.1) is 17.3 Å². The number of aliphatic carboxylic acids is 1. The lowest BCUT2D eigenvalue weighted by Gasteiger charge is -2.15. The van der Waals surface area contributed by atoms with Crippen molar-refractivity contribution >= 4 is 11.9 Å². The summed E-state index contributed by atoms with van der Waals surface area (Å²) < 4.78 is 0. The van der Waals surface area contributed by atoms with Gasteiger partial charge in [0.25, 0.3) is 0 Å². The highest BCUT2D eigenvalue weighted by Gasteiger charge is 2.65. The summed E-state index contributed by atoms with van der Waals surface area (Å²) in [5.41, 5.74) is -0.472. The van der Waals surface area contributed by atoms with E-state index in [0.717, 1.165) is 0 Å². The molecule has 5 nitrogen and oxygen atoms in total. The van der Waals surface area contributed by atoms with Crippen LogP contribution in [0.1, 0.15) is 34.1 Å². The predicted molar refractivity (Wildman–Crippen MR) is 62.3 cm³/mol. The molecular weight excluding hydrogens is 222 g/mol. The Hall–Kier alpha value is -1.10. The highest BCUT2D eigenvalue weighted by molar-refractivity contribution is 5.91. The molecule has 0 saturated heterocycles. The maximum atomic E-state index is 11.9. The summed E-state index contributed by atoms with van der Waals surface area (Å²) in [5, 5.41) is 20.9. The molecule has 17 heavy (non-hydrogen) atoms. The lowest BCUT2D eigenvalue weighted by atomic mass is 10.1. The quantitative estimate of drug-likeness (QED) is 0.660. The topological polar surface area (TPSA) is 86.6 Å². The first kappa shape index (κ1) is 14.0. The Kier molecular flexibility index (Phi) is 3.81. The molecule has 4 atom stereocenters. The third kappa shape index (κ3) is 2.97. The van der Waals surface area contributed by atoms with Gasteiger partial charge in [-0.15, -0.1) is 0 Å². The smallest absolute Gasteiger partial charge is 0.307 e. The molecule has 0 radical (unpaired) electrons. The van der Waals surface area contributed by atoms with E-state index in [0.29, 0.717) is 6.42 Å². The van der Waals surface area contributed by atoms with Crippen molar-refractivity contribution in [2.45, 2.75) is 46.3 Å². The average molecular weight is 243 g/mol. The van der Waals surface area contributed by atoms with E-state index in [1.807, 2.05) is 0 Å². The van der Waals surface area contributed by atoms with Gasteiger partial charge in [-0.25, -0.2) is 0 Å². The second kappa shape index (κ2) is 4.64. The first-order chi connectivity index (χ1) is 7.67. The van der Waals surface area contributed by atoms with Gasteiger partial charge in [-0.2, -0.15) is 0 Å². The summed E-state index contributed by atoms with van der Waals surface area (Å²) in [6.45, 7) is 7.03. The molecule has 0 spiro atoms. The number of carbonyl (C=O) groups excluding carboxylic acids is 1. The Morgan fingerprint density at radius 2 is 1.82 bits per heavy atom. The SMILES string of the molecule is CC(O)CC(C)NC(=O)[C@H]1[C@@H](C(=O)O)C1(C)C. The van der Waals surface area contributed by atoms with Crippen molar-refractivity contribution in [1.29, 1.82) is 0 Å². The van der Waals surface area contributed by atoms with E-state index in [1.165, 1.54) is 0 Å². The Labute approximate surface area is 101 Å². The van der Waals surface area contributed by atoms with Gasteiger partial charge in [-0.3, -0.25) is 9.59 Å². The minimum Gasteiger partial charge on any atom is -0.481 e. The van der Waals surface area contributed by atoms with Gasteiger partial charge in [0.1, 0.15) is 0 Å². The molecule has 2 unspecified atom stereocenters. The van der Waals surface area contributed by atoms with Gasteiger partial charge in [0.2, 0.25) is 5.91 Å². The largest absolute Gasteiger partial charge is 0.481 e. The highest BCUT2D eigenvalue weighted by atomic mass is 16.4. The van der Waals surface area contributed by atoms with Crippen molar-refractivity contribution in [3.05, 3.63) is 0 Å². The van der Waals surface area contributed by atoms with E-state index in [-0.39, 0.29) is 11.9 Å². The monoisotopic (exact) mass is 243 g/mol. The van der Waals surface area contributed by atoms with Crippen molar-refractivity contribution in [1.82, 2.24) is 5.32 Å². The first-order valence-corrected chi connectivity index (χ1v) is 5.89. The number of carboxylic acid groups (broad SMARTS) is 1. The number of hydrogen-bond acceptors (Lipinski definition) is 3. The molecule has 0 aromatic carbocycles. The molecule has 1 rings (SSSR count). The summed E-state index contributed by atoms with van der Waals surface area (Å²) in [6, 6.07) is -0.145. The van der Waals surface area contributed by atoms with Gasteiger partial charge in [-0.1, -0.05) is 13.8 Å². The maximum absolute atomic E-state index is 11.9.